The second-order valence-electron chi connectivity index (χ2n) is 2.46. The molecular weight excluding hydrogens is 172 g/mol. The Balaban J connectivity index is 2.15. The van der Waals surface area contributed by atoms with Crippen LogP contribution in [0.4, 0.5) is 0 Å². The molecule has 0 radical (unpaired) electrons. The Hall–Kier alpha value is -0.610. The molecule has 68 valence electrons. The molecule has 0 unspecified atom stereocenters. The van der Waals surface area contributed by atoms with Crippen LogP contribution in [0.1, 0.15) is 12.6 Å². The summed E-state index contributed by atoms with van der Waals surface area (Å²) in [7, 11) is 0. The third-order valence-electron chi connectivity index (χ3n) is 1.35. The van der Waals surface area contributed by atoms with Gasteiger partial charge in [-0.1, -0.05) is 18.3 Å². The lowest BCUT2D eigenvalue weighted by molar-refractivity contribution is 0.313. The molecule has 3 nitrogen and oxygen atoms in total. The summed E-state index contributed by atoms with van der Waals surface area (Å²) in [6.07, 6.45) is 0. The van der Waals surface area contributed by atoms with E-state index in [1.807, 2.05) is 12.3 Å². The first-order valence-electron chi connectivity index (χ1n) is 4.08. The first-order chi connectivity index (χ1) is 5.83. The van der Waals surface area contributed by atoms with Crippen molar-refractivity contribution in [1.29, 1.82) is 0 Å². The lowest BCUT2D eigenvalue weighted by Crippen LogP contribution is -2.20. The monoisotopic (exact) mass is 186 g/mol. The van der Waals surface area contributed by atoms with Crippen LogP contribution in [0, 0.1) is 6.92 Å². The summed E-state index contributed by atoms with van der Waals surface area (Å²) < 4.78 is 5.37. The van der Waals surface area contributed by atoms with E-state index in [9.17, 15) is 0 Å². The lowest BCUT2D eigenvalue weighted by atomic mass is 10.6. The maximum Gasteiger partial charge on any atom is 0.273 e. The van der Waals surface area contributed by atoms with E-state index in [0.29, 0.717) is 6.61 Å². The minimum atomic E-state index is 0.695. The van der Waals surface area contributed by atoms with Gasteiger partial charge in [0.1, 0.15) is 6.61 Å². The Morgan fingerprint density at radius 3 is 3.08 bits per heavy atom. The number of thiazole rings is 1. The summed E-state index contributed by atoms with van der Waals surface area (Å²) in [5.74, 6) is 0. The lowest BCUT2D eigenvalue weighted by Gasteiger charge is -2.01. The van der Waals surface area contributed by atoms with Crippen LogP contribution < -0.4 is 10.1 Å². The molecule has 1 rings (SSSR count). The largest absolute Gasteiger partial charge is 0.469 e. The van der Waals surface area contributed by atoms with Crippen molar-refractivity contribution in [3.8, 4) is 5.19 Å². The molecule has 12 heavy (non-hydrogen) atoms. The Morgan fingerprint density at radius 1 is 1.67 bits per heavy atom. The van der Waals surface area contributed by atoms with Crippen LogP contribution in [-0.2, 0) is 0 Å². The van der Waals surface area contributed by atoms with Crippen LogP contribution in [0.25, 0.3) is 0 Å². The first kappa shape index (κ1) is 9.48. The Bertz CT molecular complexity index is 225. The standard InChI is InChI=1S/C8H14N2OS/c1-3-9-4-5-11-8-10-7(2)6-12-8/h6,9H,3-5H2,1-2H3. The summed E-state index contributed by atoms with van der Waals surface area (Å²) in [5.41, 5.74) is 1.03. The van der Waals surface area contributed by atoms with E-state index in [1.54, 1.807) is 11.3 Å². The number of aromatic nitrogens is 1. The predicted molar refractivity (Wildman–Crippen MR) is 50.9 cm³/mol. The van der Waals surface area contributed by atoms with Crippen molar-refractivity contribution in [3.63, 3.8) is 0 Å². The van der Waals surface area contributed by atoms with Crippen molar-refractivity contribution in [1.82, 2.24) is 10.3 Å². The maximum atomic E-state index is 5.37. The van der Waals surface area contributed by atoms with Crippen molar-refractivity contribution in [3.05, 3.63) is 11.1 Å². The Morgan fingerprint density at radius 2 is 2.50 bits per heavy atom. The molecule has 1 heterocycles. The Kier molecular flexibility index (Phi) is 4.04. The summed E-state index contributed by atoms with van der Waals surface area (Å²) in [5, 5.41) is 5.93. The van der Waals surface area contributed by atoms with Crippen molar-refractivity contribution in [2.75, 3.05) is 19.7 Å². The zero-order valence-electron chi connectivity index (χ0n) is 7.46. The van der Waals surface area contributed by atoms with Gasteiger partial charge in [-0.05, 0) is 13.5 Å². The molecule has 0 fully saturated rings. The molecule has 0 aliphatic rings. The fourth-order valence-electron chi connectivity index (χ4n) is 0.786. The second kappa shape index (κ2) is 5.11. The van der Waals surface area contributed by atoms with Crippen molar-refractivity contribution < 1.29 is 4.74 Å². The smallest absolute Gasteiger partial charge is 0.273 e. The fraction of sp³-hybridized carbons (Fsp3) is 0.625. The number of likely N-dealkylation sites (N-methyl/N-ethyl adjacent to an activating group) is 1. The summed E-state index contributed by atoms with van der Waals surface area (Å²) >= 11 is 1.55. The van der Waals surface area contributed by atoms with Gasteiger partial charge in [0.15, 0.2) is 0 Å². The van der Waals surface area contributed by atoms with Gasteiger partial charge in [0, 0.05) is 11.9 Å². The number of aryl methyl sites for hydroxylation is 1. The van der Waals surface area contributed by atoms with Crippen LogP contribution in [0.2, 0.25) is 0 Å². The van der Waals surface area contributed by atoms with Crippen LogP contribution in [0.3, 0.4) is 0 Å². The average molecular weight is 186 g/mol. The molecule has 0 saturated heterocycles. The number of nitrogens with zero attached hydrogens (tertiary/aromatic N) is 1. The average Bonchev–Trinajstić information content (AvgIpc) is 2.45. The highest BCUT2D eigenvalue weighted by molar-refractivity contribution is 7.11. The number of ether oxygens (including phenoxy) is 1. The highest BCUT2D eigenvalue weighted by Gasteiger charge is 1.97. The van der Waals surface area contributed by atoms with Crippen LogP contribution in [0.15, 0.2) is 5.38 Å². The molecule has 1 N–H and O–H groups in total. The van der Waals surface area contributed by atoms with Gasteiger partial charge in [-0.25, -0.2) is 4.98 Å². The van der Waals surface area contributed by atoms with E-state index >= 15 is 0 Å². The molecule has 0 aromatic carbocycles. The molecule has 1 aromatic rings. The summed E-state index contributed by atoms with van der Waals surface area (Å²) in [6, 6.07) is 0. The van der Waals surface area contributed by atoms with E-state index in [0.717, 1.165) is 24.0 Å². The maximum absolute atomic E-state index is 5.37. The van der Waals surface area contributed by atoms with Gasteiger partial charge in [-0.2, -0.15) is 0 Å². The van der Waals surface area contributed by atoms with Crippen molar-refractivity contribution in [2.45, 2.75) is 13.8 Å². The van der Waals surface area contributed by atoms with E-state index in [2.05, 4.69) is 17.2 Å². The van der Waals surface area contributed by atoms with Gasteiger partial charge in [0.25, 0.3) is 5.19 Å². The normalized spacial score (nSPS) is 10.2. The van der Waals surface area contributed by atoms with E-state index in [1.165, 1.54) is 0 Å². The van der Waals surface area contributed by atoms with Crippen molar-refractivity contribution in [2.24, 2.45) is 0 Å². The van der Waals surface area contributed by atoms with E-state index < -0.39 is 0 Å². The topological polar surface area (TPSA) is 34.1 Å². The third-order valence-corrected chi connectivity index (χ3v) is 2.22. The van der Waals surface area contributed by atoms with Gasteiger partial charge in [-0.15, -0.1) is 0 Å². The van der Waals surface area contributed by atoms with Crippen LogP contribution in [0.5, 0.6) is 5.19 Å². The molecule has 4 heteroatoms. The highest BCUT2D eigenvalue weighted by Crippen LogP contribution is 2.16. The number of nitrogens with one attached hydrogen (secondary N) is 1. The van der Waals surface area contributed by atoms with Crippen molar-refractivity contribution >= 4 is 11.3 Å². The van der Waals surface area contributed by atoms with Gasteiger partial charge in [0.2, 0.25) is 0 Å². The molecule has 0 aliphatic carbocycles. The van der Waals surface area contributed by atoms with Gasteiger partial charge < -0.3 is 10.1 Å². The first-order valence-corrected chi connectivity index (χ1v) is 4.96. The molecule has 0 saturated carbocycles. The second-order valence-corrected chi connectivity index (χ2v) is 3.28. The number of hydrogen-bond acceptors (Lipinski definition) is 4. The zero-order chi connectivity index (χ0) is 8.81. The molecule has 0 bridgehead atoms. The fourth-order valence-corrected chi connectivity index (χ4v) is 1.46. The van der Waals surface area contributed by atoms with Gasteiger partial charge in [0.05, 0.1) is 5.69 Å². The Labute approximate surface area is 76.8 Å². The molecule has 1 aromatic heterocycles. The van der Waals surface area contributed by atoms with Gasteiger partial charge in [-0.3, -0.25) is 0 Å². The molecule has 0 amide bonds. The summed E-state index contributed by atoms with van der Waals surface area (Å²) in [6.45, 7) is 6.61. The molecule has 0 atom stereocenters. The highest BCUT2D eigenvalue weighted by atomic mass is 32.1. The molecule has 0 aliphatic heterocycles. The zero-order valence-corrected chi connectivity index (χ0v) is 8.28. The summed E-state index contributed by atoms with van der Waals surface area (Å²) in [4.78, 5) is 4.18. The quantitative estimate of drug-likeness (QED) is 0.707. The number of hydrogen-bond donors (Lipinski definition) is 1. The van der Waals surface area contributed by atoms with Gasteiger partial charge >= 0.3 is 0 Å². The van der Waals surface area contributed by atoms with Crippen LogP contribution in [-0.4, -0.2) is 24.7 Å². The number of rotatable bonds is 5. The molecular formula is C8H14N2OS. The van der Waals surface area contributed by atoms with E-state index in [4.69, 9.17) is 4.74 Å². The minimum Gasteiger partial charge on any atom is -0.469 e. The third kappa shape index (κ3) is 3.19. The predicted octanol–water partition coefficient (Wildman–Crippen LogP) is 1.44. The SMILES string of the molecule is CCNCCOc1nc(C)cs1. The molecule has 0 spiro atoms. The van der Waals surface area contributed by atoms with E-state index in [-0.39, 0.29) is 0 Å². The van der Waals surface area contributed by atoms with Crippen LogP contribution >= 0.6 is 11.3 Å². The minimum absolute atomic E-state index is 0.695.